The largest absolute Gasteiger partial charge is 0.443 e. The minimum absolute atomic E-state index is 0. The van der Waals surface area contributed by atoms with Crippen molar-refractivity contribution in [2.75, 3.05) is 6.54 Å². The van der Waals surface area contributed by atoms with Crippen molar-refractivity contribution >= 4 is 24.3 Å². The molecule has 1 fully saturated rings. The highest BCUT2D eigenvalue weighted by Gasteiger charge is 2.23. The predicted molar refractivity (Wildman–Crippen MR) is 76.2 cm³/mol. The summed E-state index contributed by atoms with van der Waals surface area (Å²) in [5.41, 5.74) is 1.01. The summed E-state index contributed by atoms with van der Waals surface area (Å²) < 4.78 is 10.4. The monoisotopic (exact) mass is 299 g/mol. The van der Waals surface area contributed by atoms with Crippen molar-refractivity contribution < 1.29 is 19.1 Å². The molecular formula is C14H18ClNO4. The molecule has 1 aromatic rings. The highest BCUT2D eigenvalue weighted by Crippen LogP contribution is 2.25. The Morgan fingerprint density at radius 1 is 1.35 bits per heavy atom. The minimum atomic E-state index is -0.473. The van der Waals surface area contributed by atoms with E-state index in [9.17, 15) is 9.59 Å². The van der Waals surface area contributed by atoms with Gasteiger partial charge in [-0.25, -0.2) is 4.79 Å². The molecule has 1 heterocycles. The summed E-state index contributed by atoms with van der Waals surface area (Å²) in [6.07, 6.45) is 1.54. The number of benzene rings is 1. The summed E-state index contributed by atoms with van der Waals surface area (Å²) in [5, 5.41) is 3.08. The van der Waals surface area contributed by atoms with Crippen LogP contribution in [0.1, 0.15) is 35.7 Å². The topological polar surface area (TPSA) is 64.6 Å². The predicted octanol–water partition coefficient (Wildman–Crippen LogP) is 2.21. The fourth-order valence-electron chi connectivity index (χ4n) is 2.04. The molecule has 0 spiro atoms. The zero-order valence-corrected chi connectivity index (χ0v) is 12.3. The first kappa shape index (κ1) is 16.5. The number of carbonyl (C=O) groups is 2. The van der Waals surface area contributed by atoms with Gasteiger partial charge in [-0.2, -0.15) is 0 Å². The summed E-state index contributed by atoms with van der Waals surface area (Å²) in [6, 6.07) is 5.12. The van der Waals surface area contributed by atoms with Crippen LogP contribution in [0.4, 0.5) is 0 Å². The summed E-state index contributed by atoms with van der Waals surface area (Å²) in [6.45, 7) is 3.94. The van der Waals surface area contributed by atoms with Crippen molar-refractivity contribution in [1.82, 2.24) is 5.32 Å². The molecule has 1 aliphatic rings. The van der Waals surface area contributed by atoms with E-state index in [0.29, 0.717) is 0 Å². The molecule has 1 aliphatic heterocycles. The molecule has 1 unspecified atom stereocenters. The fourth-order valence-corrected chi connectivity index (χ4v) is 2.04. The van der Waals surface area contributed by atoms with Crippen LogP contribution in [0.15, 0.2) is 18.2 Å². The van der Waals surface area contributed by atoms with Crippen LogP contribution in [-0.2, 0) is 9.53 Å². The number of ether oxygens (including phenoxy) is 2. The Hall–Kier alpha value is -1.59. The molecule has 1 atom stereocenters. The minimum Gasteiger partial charge on any atom is -0.443 e. The van der Waals surface area contributed by atoms with E-state index in [0.717, 1.165) is 24.9 Å². The van der Waals surface area contributed by atoms with Gasteiger partial charge >= 0.3 is 11.9 Å². The van der Waals surface area contributed by atoms with Gasteiger partial charge in [0.1, 0.15) is 11.3 Å². The number of rotatable bonds is 3. The zero-order chi connectivity index (χ0) is 13.8. The van der Waals surface area contributed by atoms with Gasteiger partial charge in [-0.3, -0.25) is 10.1 Å². The van der Waals surface area contributed by atoms with E-state index < -0.39 is 11.9 Å². The molecule has 1 aromatic carbocycles. The zero-order valence-electron chi connectivity index (χ0n) is 11.5. The van der Waals surface area contributed by atoms with Crippen LogP contribution in [0.2, 0.25) is 0 Å². The van der Waals surface area contributed by atoms with Crippen LogP contribution in [0, 0.1) is 6.92 Å². The molecule has 0 aromatic heterocycles. The van der Waals surface area contributed by atoms with Crippen molar-refractivity contribution in [3.05, 3.63) is 29.3 Å². The third-order valence-corrected chi connectivity index (χ3v) is 2.94. The Balaban J connectivity index is 0.00000200. The van der Waals surface area contributed by atoms with Crippen LogP contribution < -0.4 is 10.1 Å². The smallest absolute Gasteiger partial charge is 0.343 e. The lowest BCUT2D eigenvalue weighted by atomic mass is 10.1. The van der Waals surface area contributed by atoms with Crippen molar-refractivity contribution in [3.63, 3.8) is 0 Å². The molecule has 20 heavy (non-hydrogen) atoms. The van der Waals surface area contributed by atoms with Gasteiger partial charge in [0.15, 0.2) is 6.23 Å². The van der Waals surface area contributed by atoms with Crippen LogP contribution in [-0.4, -0.2) is 24.7 Å². The van der Waals surface area contributed by atoms with E-state index in [-0.39, 0.29) is 29.9 Å². The van der Waals surface area contributed by atoms with Crippen LogP contribution in [0.3, 0.4) is 0 Å². The molecule has 5 nitrogen and oxygen atoms in total. The maximum atomic E-state index is 12.1. The Bertz CT molecular complexity index is 498. The van der Waals surface area contributed by atoms with E-state index in [4.69, 9.17) is 9.47 Å². The SMILES string of the molecule is CC(=O)Oc1c(C)cccc1C(=O)OC1CCCN1.Cl. The first-order valence-electron chi connectivity index (χ1n) is 6.30. The maximum absolute atomic E-state index is 12.1. The number of hydrogen-bond donors (Lipinski definition) is 1. The summed E-state index contributed by atoms with van der Waals surface area (Å²) in [4.78, 5) is 23.2. The Morgan fingerprint density at radius 2 is 2.10 bits per heavy atom. The maximum Gasteiger partial charge on any atom is 0.343 e. The van der Waals surface area contributed by atoms with Crippen LogP contribution in [0.5, 0.6) is 5.75 Å². The van der Waals surface area contributed by atoms with E-state index in [1.807, 2.05) is 0 Å². The lowest BCUT2D eigenvalue weighted by Gasteiger charge is -2.15. The lowest BCUT2D eigenvalue weighted by molar-refractivity contribution is -0.131. The van der Waals surface area contributed by atoms with Crippen LogP contribution in [0.25, 0.3) is 0 Å². The summed E-state index contributed by atoms with van der Waals surface area (Å²) in [7, 11) is 0. The van der Waals surface area contributed by atoms with Gasteiger partial charge in [0.25, 0.3) is 0 Å². The molecule has 0 radical (unpaired) electrons. The third kappa shape index (κ3) is 3.95. The van der Waals surface area contributed by atoms with Gasteiger partial charge in [0.05, 0.1) is 0 Å². The van der Waals surface area contributed by atoms with Gasteiger partial charge in [-0.15, -0.1) is 12.4 Å². The second-order valence-electron chi connectivity index (χ2n) is 4.54. The van der Waals surface area contributed by atoms with Gasteiger partial charge < -0.3 is 9.47 Å². The Kier molecular flexibility index (Phi) is 5.98. The number of halogens is 1. The third-order valence-electron chi connectivity index (χ3n) is 2.94. The van der Waals surface area contributed by atoms with E-state index in [1.54, 1.807) is 25.1 Å². The average molecular weight is 300 g/mol. The average Bonchev–Trinajstić information content (AvgIpc) is 2.84. The van der Waals surface area contributed by atoms with Crippen molar-refractivity contribution in [2.24, 2.45) is 0 Å². The van der Waals surface area contributed by atoms with E-state index in [2.05, 4.69) is 5.32 Å². The first-order chi connectivity index (χ1) is 9.08. The van der Waals surface area contributed by atoms with E-state index >= 15 is 0 Å². The number of hydrogen-bond acceptors (Lipinski definition) is 5. The molecule has 110 valence electrons. The highest BCUT2D eigenvalue weighted by molar-refractivity contribution is 5.94. The molecule has 1 N–H and O–H groups in total. The Morgan fingerprint density at radius 3 is 2.70 bits per heavy atom. The van der Waals surface area contributed by atoms with Gasteiger partial charge in [-0.05, 0) is 37.9 Å². The first-order valence-corrected chi connectivity index (χ1v) is 6.30. The van der Waals surface area contributed by atoms with Gasteiger partial charge in [0, 0.05) is 6.92 Å². The lowest BCUT2D eigenvalue weighted by Crippen LogP contribution is -2.28. The summed E-state index contributed by atoms with van der Waals surface area (Å²) in [5.74, 6) is -0.653. The number of carbonyl (C=O) groups excluding carboxylic acids is 2. The quantitative estimate of drug-likeness (QED) is 0.685. The molecule has 2 rings (SSSR count). The van der Waals surface area contributed by atoms with Crippen molar-refractivity contribution in [1.29, 1.82) is 0 Å². The highest BCUT2D eigenvalue weighted by atomic mass is 35.5. The number of esters is 2. The fraction of sp³-hybridized carbons (Fsp3) is 0.429. The van der Waals surface area contributed by atoms with Gasteiger partial charge in [0.2, 0.25) is 0 Å². The van der Waals surface area contributed by atoms with E-state index in [1.165, 1.54) is 6.92 Å². The number of nitrogens with one attached hydrogen (secondary N) is 1. The normalized spacial score (nSPS) is 17.2. The molecule has 0 bridgehead atoms. The Labute approximate surface area is 124 Å². The second-order valence-corrected chi connectivity index (χ2v) is 4.54. The molecule has 6 heteroatoms. The number of aryl methyl sites for hydroxylation is 1. The number of para-hydroxylation sites is 1. The van der Waals surface area contributed by atoms with Gasteiger partial charge in [-0.1, -0.05) is 12.1 Å². The van der Waals surface area contributed by atoms with Crippen molar-refractivity contribution in [2.45, 2.75) is 32.9 Å². The molecular weight excluding hydrogens is 282 g/mol. The molecule has 0 amide bonds. The molecule has 0 aliphatic carbocycles. The summed E-state index contributed by atoms with van der Waals surface area (Å²) >= 11 is 0. The molecule has 1 saturated heterocycles. The van der Waals surface area contributed by atoms with Crippen LogP contribution >= 0.6 is 12.4 Å². The standard InChI is InChI=1S/C14H17NO4.ClH/c1-9-5-3-6-11(13(9)18-10(2)16)14(17)19-12-7-4-8-15-12;/h3,5-6,12,15H,4,7-8H2,1-2H3;1H. The molecule has 0 saturated carbocycles. The van der Waals surface area contributed by atoms with Crippen molar-refractivity contribution in [3.8, 4) is 5.75 Å². The second kappa shape index (κ2) is 7.26.